The summed E-state index contributed by atoms with van der Waals surface area (Å²) >= 11 is 0. The number of ether oxygens (including phenoxy) is 1. The zero-order valence-electron chi connectivity index (χ0n) is 20.6. The van der Waals surface area contributed by atoms with E-state index in [1.807, 2.05) is 23.1 Å². The summed E-state index contributed by atoms with van der Waals surface area (Å²) in [4.78, 5) is 26.0. The monoisotopic (exact) mass is 465 g/mol. The molecule has 0 radical (unpaired) electrons. The van der Waals surface area contributed by atoms with Gasteiger partial charge in [0.1, 0.15) is 0 Å². The number of nitrogens with zero attached hydrogens (tertiary/aromatic N) is 1. The van der Waals surface area contributed by atoms with E-state index in [1.54, 1.807) is 12.1 Å². The van der Waals surface area contributed by atoms with E-state index in [0.29, 0.717) is 18.5 Å². The first-order chi connectivity index (χ1) is 16.5. The van der Waals surface area contributed by atoms with E-state index in [2.05, 4.69) is 31.2 Å². The third kappa shape index (κ3) is 7.69. The van der Waals surface area contributed by atoms with Crippen LogP contribution in [-0.4, -0.2) is 47.7 Å². The van der Waals surface area contributed by atoms with Gasteiger partial charge in [-0.1, -0.05) is 55.8 Å². The number of aliphatic hydroxyl groups excluding tert-OH is 1. The molecule has 1 saturated heterocycles. The molecule has 1 aliphatic rings. The van der Waals surface area contributed by atoms with Gasteiger partial charge >= 0.3 is 5.97 Å². The summed E-state index contributed by atoms with van der Waals surface area (Å²) < 4.78 is 4.74. The van der Waals surface area contributed by atoms with E-state index in [0.717, 1.165) is 56.9 Å². The van der Waals surface area contributed by atoms with Crippen LogP contribution >= 0.6 is 0 Å². The summed E-state index contributed by atoms with van der Waals surface area (Å²) in [6, 6.07) is 18.1. The summed E-state index contributed by atoms with van der Waals surface area (Å²) in [5, 5.41) is 10.7. The second-order valence-electron chi connectivity index (χ2n) is 9.57. The lowest BCUT2D eigenvalue weighted by Crippen LogP contribution is -2.35. The van der Waals surface area contributed by atoms with Gasteiger partial charge in [-0.05, 0) is 74.1 Å². The molecule has 34 heavy (non-hydrogen) atoms. The van der Waals surface area contributed by atoms with Crippen LogP contribution in [0.15, 0.2) is 54.6 Å². The molecule has 0 spiro atoms. The van der Waals surface area contributed by atoms with Crippen molar-refractivity contribution in [3.05, 3.63) is 71.3 Å². The highest BCUT2D eigenvalue weighted by atomic mass is 16.5. The quantitative estimate of drug-likeness (QED) is 0.326. The molecule has 184 valence electrons. The minimum Gasteiger partial charge on any atom is -0.465 e. The number of benzene rings is 2. The molecule has 3 rings (SSSR count). The first-order valence-corrected chi connectivity index (χ1v) is 12.7. The molecule has 0 bridgehead atoms. The molecule has 0 aromatic heterocycles. The Kier molecular flexibility index (Phi) is 10.1. The fourth-order valence-electron chi connectivity index (χ4n) is 4.86. The van der Waals surface area contributed by atoms with Crippen LogP contribution in [0, 0.1) is 5.92 Å². The lowest BCUT2D eigenvalue weighted by Gasteiger charge is -2.27. The minimum atomic E-state index is -0.342. The van der Waals surface area contributed by atoms with Crippen LogP contribution < -0.4 is 0 Å². The molecule has 2 aromatic rings. The van der Waals surface area contributed by atoms with E-state index >= 15 is 0 Å². The van der Waals surface area contributed by atoms with Crippen LogP contribution in [0.2, 0.25) is 0 Å². The van der Waals surface area contributed by atoms with Crippen LogP contribution in [0.3, 0.4) is 0 Å². The van der Waals surface area contributed by atoms with Gasteiger partial charge in [0.05, 0.1) is 18.8 Å². The summed E-state index contributed by atoms with van der Waals surface area (Å²) in [6.07, 6.45) is 7.88. The predicted molar refractivity (Wildman–Crippen MR) is 135 cm³/mol. The highest BCUT2D eigenvalue weighted by Crippen LogP contribution is 2.26. The van der Waals surface area contributed by atoms with Gasteiger partial charge in [0.25, 0.3) is 0 Å². The maximum Gasteiger partial charge on any atom is 0.337 e. The van der Waals surface area contributed by atoms with Crippen molar-refractivity contribution in [3.8, 4) is 0 Å². The molecule has 1 amide bonds. The van der Waals surface area contributed by atoms with Crippen molar-refractivity contribution in [2.75, 3.05) is 13.7 Å². The molecule has 3 atom stereocenters. The number of amides is 1. The zero-order valence-corrected chi connectivity index (χ0v) is 20.6. The summed E-state index contributed by atoms with van der Waals surface area (Å²) in [7, 11) is 1.37. The number of aliphatic hydroxyl groups is 1. The Labute approximate surface area is 204 Å². The summed E-state index contributed by atoms with van der Waals surface area (Å²) in [6.45, 7) is 2.81. The molecule has 0 aliphatic carbocycles. The van der Waals surface area contributed by atoms with Crippen molar-refractivity contribution < 1.29 is 19.4 Å². The number of carbonyl (C=O) groups is 2. The molecule has 1 aliphatic heterocycles. The predicted octanol–water partition coefficient (Wildman–Crippen LogP) is 5.20. The Hall–Kier alpha value is -2.66. The topological polar surface area (TPSA) is 66.8 Å². The number of carbonyl (C=O) groups excluding carboxylic acids is 2. The van der Waals surface area contributed by atoms with Crippen molar-refractivity contribution in [1.29, 1.82) is 0 Å². The second-order valence-corrected chi connectivity index (χ2v) is 9.57. The van der Waals surface area contributed by atoms with E-state index in [4.69, 9.17) is 4.74 Å². The van der Waals surface area contributed by atoms with E-state index in [1.165, 1.54) is 12.7 Å². The Morgan fingerprint density at radius 3 is 2.44 bits per heavy atom. The van der Waals surface area contributed by atoms with E-state index < -0.39 is 0 Å². The molecule has 2 aromatic carbocycles. The molecule has 1 fully saturated rings. The Morgan fingerprint density at radius 2 is 1.74 bits per heavy atom. The molecule has 1 heterocycles. The van der Waals surface area contributed by atoms with E-state index in [9.17, 15) is 14.7 Å². The third-order valence-electron chi connectivity index (χ3n) is 7.14. The number of hydrogen-bond donors (Lipinski definition) is 1. The number of hydrogen-bond acceptors (Lipinski definition) is 4. The highest BCUT2D eigenvalue weighted by molar-refractivity contribution is 5.89. The highest BCUT2D eigenvalue weighted by Gasteiger charge is 2.31. The van der Waals surface area contributed by atoms with Crippen molar-refractivity contribution >= 4 is 11.9 Å². The maximum atomic E-state index is 12.5. The normalized spacial score (nSPS) is 17.6. The third-order valence-corrected chi connectivity index (χ3v) is 7.14. The first kappa shape index (κ1) is 26.0. The van der Waals surface area contributed by atoms with Gasteiger partial charge in [0.15, 0.2) is 0 Å². The maximum absolute atomic E-state index is 12.5. The van der Waals surface area contributed by atoms with Crippen molar-refractivity contribution in [2.24, 2.45) is 5.92 Å². The van der Waals surface area contributed by atoms with Crippen molar-refractivity contribution in [3.63, 3.8) is 0 Å². The number of rotatable bonds is 13. The van der Waals surface area contributed by atoms with Gasteiger partial charge in [0.2, 0.25) is 5.91 Å². The molecule has 0 unspecified atom stereocenters. The average molecular weight is 466 g/mol. The number of methoxy groups -OCH3 is 1. The molecule has 0 saturated carbocycles. The van der Waals surface area contributed by atoms with Crippen LogP contribution in [0.5, 0.6) is 0 Å². The lowest BCUT2D eigenvalue weighted by molar-refractivity contribution is -0.129. The fraction of sp³-hybridized carbons (Fsp3) is 0.517. The lowest BCUT2D eigenvalue weighted by atomic mass is 9.92. The first-order valence-electron chi connectivity index (χ1n) is 12.7. The molecular weight excluding hydrogens is 426 g/mol. The standard InChI is InChI=1S/C29H39NO4/c1-22(8-6-7-11-23-9-4-3-5-10-23)27(31)18-16-26-17-19-28(32)30(26)21-20-24-12-14-25(15-13-24)29(33)34-2/h3-5,9-10,12-15,22,26-27,31H,6-8,11,16-21H2,1-2H3/t22-,26-,27+/m0/s1. The second kappa shape index (κ2) is 13.3. The molecular formula is C29H39NO4. The van der Waals surface area contributed by atoms with Gasteiger partial charge in [0, 0.05) is 19.0 Å². The fourth-order valence-corrected chi connectivity index (χ4v) is 4.86. The average Bonchev–Trinajstić information content (AvgIpc) is 3.23. The molecule has 5 nitrogen and oxygen atoms in total. The Bertz CT molecular complexity index is 896. The van der Waals surface area contributed by atoms with Crippen LogP contribution in [-0.2, 0) is 22.4 Å². The summed E-state index contributed by atoms with van der Waals surface area (Å²) in [5.41, 5.74) is 3.00. The minimum absolute atomic E-state index is 0.208. The van der Waals surface area contributed by atoms with Gasteiger partial charge in [-0.15, -0.1) is 0 Å². The smallest absolute Gasteiger partial charge is 0.337 e. The van der Waals surface area contributed by atoms with Crippen LogP contribution in [0.4, 0.5) is 0 Å². The number of esters is 1. The van der Waals surface area contributed by atoms with Gasteiger partial charge in [-0.2, -0.15) is 0 Å². The van der Waals surface area contributed by atoms with E-state index in [-0.39, 0.29) is 29.9 Å². The largest absolute Gasteiger partial charge is 0.465 e. The number of unbranched alkanes of at least 4 members (excludes halogenated alkanes) is 1. The van der Waals surface area contributed by atoms with Crippen molar-refractivity contribution in [2.45, 2.75) is 76.9 Å². The SMILES string of the molecule is COC(=O)c1ccc(CCN2C(=O)CC[C@@H]2CC[C@@H](O)[C@@H](C)CCCCc2ccccc2)cc1. The molecule has 1 N–H and O–H groups in total. The van der Waals surface area contributed by atoms with Crippen LogP contribution in [0.1, 0.15) is 73.4 Å². The van der Waals surface area contributed by atoms with Gasteiger partial charge < -0.3 is 14.7 Å². The van der Waals surface area contributed by atoms with Gasteiger partial charge in [-0.3, -0.25) is 4.79 Å². The Morgan fingerprint density at radius 1 is 1.03 bits per heavy atom. The molecule has 5 heteroatoms. The Balaban J connectivity index is 1.38. The number of likely N-dealkylation sites (tertiary alicyclic amines) is 1. The van der Waals surface area contributed by atoms with Gasteiger partial charge in [-0.25, -0.2) is 4.79 Å². The number of aryl methyl sites for hydroxylation is 1. The van der Waals surface area contributed by atoms with Crippen LogP contribution in [0.25, 0.3) is 0 Å². The zero-order chi connectivity index (χ0) is 24.3. The summed E-state index contributed by atoms with van der Waals surface area (Å²) in [5.74, 6) is 0.139. The van der Waals surface area contributed by atoms with Crippen molar-refractivity contribution in [1.82, 2.24) is 4.90 Å².